The zero-order chi connectivity index (χ0) is 13.8. The van der Waals surface area contributed by atoms with Crippen molar-refractivity contribution in [3.05, 3.63) is 29.3 Å². The maximum atomic E-state index is 5.99. The summed E-state index contributed by atoms with van der Waals surface area (Å²) in [5.74, 6) is 0.969. The first-order valence-electron chi connectivity index (χ1n) is 7.10. The predicted octanol–water partition coefficient (Wildman–Crippen LogP) is 2.70. The molecule has 2 rings (SSSR count). The van der Waals surface area contributed by atoms with E-state index in [1.165, 1.54) is 11.1 Å². The average Bonchev–Trinajstić information content (AvgIpc) is 2.82. The summed E-state index contributed by atoms with van der Waals surface area (Å²) in [5, 5.41) is 3.40. The second-order valence-corrected chi connectivity index (χ2v) is 5.48. The number of hydrogen-bond donors (Lipinski definition) is 1. The molecule has 0 radical (unpaired) electrons. The topological polar surface area (TPSA) is 30.5 Å². The standard InChI is InChI=1S/C16H25NO2/c1-11-5-7-15(18-4)13(9-11)10-14(17-3)16-8-6-12(2)19-16/h5,7,9,12,14,16-17H,6,8,10H2,1-4H3. The van der Waals surface area contributed by atoms with E-state index in [2.05, 4.69) is 37.4 Å². The minimum Gasteiger partial charge on any atom is -0.496 e. The van der Waals surface area contributed by atoms with Crippen molar-refractivity contribution in [1.29, 1.82) is 0 Å². The predicted molar refractivity (Wildman–Crippen MR) is 77.9 cm³/mol. The maximum Gasteiger partial charge on any atom is 0.122 e. The highest BCUT2D eigenvalue weighted by Crippen LogP contribution is 2.26. The summed E-state index contributed by atoms with van der Waals surface area (Å²) < 4.78 is 11.4. The van der Waals surface area contributed by atoms with Crippen LogP contribution in [0.3, 0.4) is 0 Å². The number of benzene rings is 1. The van der Waals surface area contributed by atoms with Crippen LogP contribution in [0, 0.1) is 6.92 Å². The van der Waals surface area contributed by atoms with Gasteiger partial charge in [-0.3, -0.25) is 0 Å². The number of nitrogens with one attached hydrogen (secondary N) is 1. The van der Waals surface area contributed by atoms with Gasteiger partial charge in [0.1, 0.15) is 5.75 Å². The van der Waals surface area contributed by atoms with E-state index in [0.717, 1.165) is 25.0 Å². The molecule has 1 fully saturated rings. The van der Waals surface area contributed by atoms with Crippen LogP contribution in [0.2, 0.25) is 0 Å². The highest BCUT2D eigenvalue weighted by atomic mass is 16.5. The monoisotopic (exact) mass is 263 g/mol. The summed E-state index contributed by atoms with van der Waals surface area (Å²) in [6, 6.07) is 6.70. The summed E-state index contributed by atoms with van der Waals surface area (Å²) in [6.45, 7) is 4.27. The van der Waals surface area contributed by atoms with Gasteiger partial charge in [0.2, 0.25) is 0 Å². The molecule has 106 valence electrons. The summed E-state index contributed by atoms with van der Waals surface area (Å²) >= 11 is 0. The Balaban J connectivity index is 2.11. The molecule has 19 heavy (non-hydrogen) atoms. The first-order valence-corrected chi connectivity index (χ1v) is 7.10. The minimum absolute atomic E-state index is 0.310. The second kappa shape index (κ2) is 6.40. The number of ether oxygens (including phenoxy) is 2. The van der Waals surface area contributed by atoms with Gasteiger partial charge in [-0.05, 0) is 51.8 Å². The van der Waals surface area contributed by atoms with Crippen LogP contribution in [-0.2, 0) is 11.2 Å². The third kappa shape index (κ3) is 3.48. The molecular formula is C16H25NO2. The molecule has 1 aromatic rings. The molecule has 0 amide bonds. The van der Waals surface area contributed by atoms with Crippen molar-refractivity contribution < 1.29 is 9.47 Å². The number of likely N-dealkylation sites (N-methyl/N-ethyl adjacent to an activating group) is 1. The molecule has 3 unspecified atom stereocenters. The molecular weight excluding hydrogens is 238 g/mol. The Morgan fingerprint density at radius 1 is 1.42 bits per heavy atom. The summed E-state index contributed by atoms with van der Waals surface area (Å²) in [7, 11) is 3.75. The fourth-order valence-electron chi connectivity index (χ4n) is 2.85. The van der Waals surface area contributed by atoms with Crippen LogP contribution in [0.25, 0.3) is 0 Å². The van der Waals surface area contributed by atoms with Crippen molar-refractivity contribution >= 4 is 0 Å². The van der Waals surface area contributed by atoms with Crippen molar-refractivity contribution in [2.75, 3.05) is 14.2 Å². The lowest BCUT2D eigenvalue weighted by atomic mass is 9.97. The third-order valence-electron chi connectivity index (χ3n) is 3.96. The highest BCUT2D eigenvalue weighted by molar-refractivity contribution is 5.37. The third-order valence-corrected chi connectivity index (χ3v) is 3.96. The molecule has 1 aromatic carbocycles. The molecule has 0 aromatic heterocycles. The van der Waals surface area contributed by atoms with Crippen LogP contribution in [0.5, 0.6) is 5.75 Å². The number of hydrogen-bond acceptors (Lipinski definition) is 3. The van der Waals surface area contributed by atoms with E-state index in [0.29, 0.717) is 18.2 Å². The Morgan fingerprint density at radius 3 is 2.79 bits per heavy atom. The maximum absolute atomic E-state index is 5.99. The minimum atomic E-state index is 0.310. The fraction of sp³-hybridized carbons (Fsp3) is 0.625. The van der Waals surface area contributed by atoms with E-state index in [9.17, 15) is 0 Å². The second-order valence-electron chi connectivity index (χ2n) is 5.48. The van der Waals surface area contributed by atoms with E-state index in [1.54, 1.807) is 7.11 Å². The van der Waals surface area contributed by atoms with Crippen molar-refractivity contribution in [3.8, 4) is 5.75 Å². The molecule has 0 aliphatic carbocycles. The van der Waals surface area contributed by atoms with Crippen molar-refractivity contribution in [3.63, 3.8) is 0 Å². The van der Waals surface area contributed by atoms with Gasteiger partial charge in [0.05, 0.1) is 19.3 Å². The van der Waals surface area contributed by atoms with Crippen LogP contribution >= 0.6 is 0 Å². The summed E-state index contributed by atoms with van der Waals surface area (Å²) in [5.41, 5.74) is 2.52. The Kier molecular flexibility index (Phi) is 4.83. The normalized spacial score (nSPS) is 24.4. The molecule has 3 nitrogen and oxygen atoms in total. The zero-order valence-corrected chi connectivity index (χ0v) is 12.4. The molecule has 1 aliphatic heterocycles. The van der Waals surface area contributed by atoms with Gasteiger partial charge in [0.15, 0.2) is 0 Å². The molecule has 1 aliphatic rings. The van der Waals surface area contributed by atoms with Gasteiger partial charge in [0, 0.05) is 6.04 Å². The van der Waals surface area contributed by atoms with Gasteiger partial charge >= 0.3 is 0 Å². The van der Waals surface area contributed by atoms with E-state index in [1.807, 2.05) is 7.05 Å². The largest absolute Gasteiger partial charge is 0.496 e. The van der Waals surface area contributed by atoms with Crippen LogP contribution in [0.15, 0.2) is 18.2 Å². The van der Waals surface area contributed by atoms with Gasteiger partial charge in [-0.1, -0.05) is 17.7 Å². The molecule has 3 atom stereocenters. The Bertz CT molecular complexity index is 419. The van der Waals surface area contributed by atoms with Crippen LogP contribution < -0.4 is 10.1 Å². The smallest absolute Gasteiger partial charge is 0.122 e. The summed E-state index contributed by atoms with van der Waals surface area (Å²) in [4.78, 5) is 0. The van der Waals surface area contributed by atoms with Gasteiger partial charge < -0.3 is 14.8 Å². The quantitative estimate of drug-likeness (QED) is 0.886. The first kappa shape index (κ1) is 14.4. The van der Waals surface area contributed by atoms with Gasteiger partial charge in [-0.25, -0.2) is 0 Å². The summed E-state index contributed by atoms with van der Waals surface area (Å²) in [6.07, 6.45) is 3.94. The van der Waals surface area contributed by atoms with Gasteiger partial charge in [0.25, 0.3) is 0 Å². The molecule has 3 heteroatoms. The molecule has 0 bridgehead atoms. The number of methoxy groups -OCH3 is 1. The van der Waals surface area contributed by atoms with E-state index >= 15 is 0 Å². The number of aryl methyl sites for hydroxylation is 1. The van der Waals surface area contributed by atoms with Gasteiger partial charge in [-0.15, -0.1) is 0 Å². The van der Waals surface area contributed by atoms with Crippen LogP contribution in [0.4, 0.5) is 0 Å². The Morgan fingerprint density at radius 2 is 2.21 bits per heavy atom. The van der Waals surface area contributed by atoms with Crippen molar-refractivity contribution in [1.82, 2.24) is 5.32 Å². The van der Waals surface area contributed by atoms with E-state index in [4.69, 9.17) is 9.47 Å². The highest BCUT2D eigenvalue weighted by Gasteiger charge is 2.29. The molecule has 1 N–H and O–H groups in total. The van der Waals surface area contributed by atoms with E-state index in [-0.39, 0.29) is 0 Å². The molecule has 0 spiro atoms. The van der Waals surface area contributed by atoms with Crippen LogP contribution in [0.1, 0.15) is 30.9 Å². The van der Waals surface area contributed by atoms with Crippen LogP contribution in [-0.4, -0.2) is 32.4 Å². The Labute approximate surface area is 116 Å². The van der Waals surface area contributed by atoms with Crippen molar-refractivity contribution in [2.24, 2.45) is 0 Å². The average molecular weight is 263 g/mol. The SMILES string of the molecule is CNC(Cc1cc(C)ccc1OC)C1CCC(C)O1. The Hall–Kier alpha value is -1.06. The van der Waals surface area contributed by atoms with E-state index < -0.39 is 0 Å². The van der Waals surface area contributed by atoms with Gasteiger partial charge in [-0.2, -0.15) is 0 Å². The first-order chi connectivity index (χ1) is 9.13. The fourth-order valence-corrected chi connectivity index (χ4v) is 2.85. The number of rotatable bonds is 5. The lowest BCUT2D eigenvalue weighted by Gasteiger charge is -2.24. The van der Waals surface area contributed by atoms with Crippen molar-refractivity contribution in [2.45, 2.75) is 51.4 Å². The lowest BCUT2D eigenvalue weighted by molar-refractivity contribution is 0.0336. The molecule has 1 saturated heterocycles. The zero-order valence-electron chi connectivity index (χ0n) is 12.4. The lowest BCUT2D eigenvalue weighted by Crippen LogP contribution is -2.39. The molecule has 1 heterocycles. The molecule has 0 saturated carbocycles.